The van der Waals surface area contributed by atoms with E-state index in [1.54, 1.807) is 12.1 Å². The standard InChI is InChI=1S/C18H17F3N2O/c1-2-3-12-23-16-7-5-4-6-15(16)22-17(23)13-8-10-14(11-9-13)24-18(19,20)21/h4-11H,2-3,12H2,1H3. The molecule has 1 heterocycles. The van der Waals surface area contributed by atoms with Crippen LogP contribution in [-0.4, -0.2) is 15.9 Å². The molecule has 0 unspecified atom stereocenters. The molecule has 3 aromatic rings. The van der Waals surface area contributed by atoms with Crippen LogP contribution in [0.5, 0.6) is 5.75 Å². The van der Waals surface area contributed by atoms with Crippen molar-refractivity contribution in [3.63, 3.8) is 0 Å². The van der Waals surface area contributed by atoms with Gasteiger partial charge in [0.15, 0.2) is 0 Å². The summed E-state index contributed by atoms with van der Waals surface area (Å²) in [6, 6.07) is 13.6. The van der Waals surface area contributed by atoms with Gasteiger partial charge in [-0.05, 0) is 42.8 Å². The first kappa shape index (κ1) is 16.4. The minimum Gasteiger partial charge on any atom is -0.406 e. The van der Waals surface area contributed by atoms with Gasteiger partial charge in [-0.2, -0.15) is 0 Å². The van der Waals surface area contributed by atoms with Gasteiger partial charge in [0.05, 0.1) is 11.0 Å². The Bertz CT molecular complexity index is 822. The maximum atomic E-state index is 12.3. The SMILES string of the molecule is CCCCn1c(-c2ccc(OC(F)(F)F)cc2)nc2ccccc21. The first-order valence-corrected chi connectivity index (χ1v) is 7.79. The number of fused-ring (bicyclic) bond motifs is 1. The maximum Gasteiger partial charge on any atom is 0.573 e. The van der Waals surface area contributed by atoms with Crippen LogP contribution in [-0.2, 0) is 6.54 Å². The topological polar surface area (TPSA) is 27.1 Å². The summed E-state index contributed by atoms with van der Waals surface area (Å²) in [6.07, 6.45) is -2.64. The molecule has 0 aliphatic rings. The minimum absolute atomic E-state index is 0.234. The summed E-state index contributed by atoms with van der Waals surface area (Å²) in [5.41, 5.74) is 2.66. The second kappa shape index (κ2) is 6.55. The van der Waals surface area contributed by atoms with E-state index in [1.165, 1.54) is 12.1 Å². The molecule has 0 aliphatic heterocycles. The second-order valence-electron chi connectivity index (χ2n) is 5.50. The number of hydrogen-bond acceptors (Lipinski definition) is 2. The van der Waals surface area contributed by atoms with Crippen molar-refractivity contribution in [1.29, 1.82) is 0 Å². The Morgan fingerprint density at radius 3 is 2.42 bits per heavy atom. The first-order valence-electron chi connectivity index (χ1n) is 7.79. The Balaban J connectivity index is 1.99. The number of halogens is 3. The monoisotopic (exact) mass is 334 g/mol. The van der Waals surface area contributed by atoms with Crippen molar-refractivity contribution in [3.05, 3.63) is 48.5 Å². The molecule has 0 spiro atoms. The van der Waals surface area contributed by atoms with Crippen LogP contribution in [0.1, 0.15) is 19.8 Å². The molecule has 0 N–H and O–H groups in total. The highest BCUT2D eigenvalue weighted by atomic mass is 19.4. The minimum atomic E-state index is -4.68. The number of nitrogens with zero attached hydrogens (tertiary/aromatic N) is 2. The molecule has 0 fully saturated rings. The van der Waals surface area contributed by atoms with Gasteiger partial charge in [-0.15, -0.1) is 13.2 Å². The van der Waals surface area contributed by atoms with Crippen LogP contribution < -0.4 is 4.74 Å². The maximum absolute atomic E-state index is 12.3. The number of aromatic nitrogens is 2. The highest BCUT2D eigenvalue weighted by Gasteiger charge is 2.31. The third kappa shape index (κ3) is 3.53. The molecule has 126 valence electrons. The third-order valence-electron chi connectivity index (χ3n) is 3.74. The summed E-state index contributed by atoms with van der Waals surface area (Å²) in [7, 11) is 0. The Morgan fingerprint density at radius 2 is 1.75 bits per heavy atom. The molecule has 0 saturated carbocycles. The number of benzene rings is 2. The summed E-state index contributed by atoms with van der Waals surface area (Å²) >= 11 is 0. The van der Waals surface area contributed by atoms with Crippen LogP contribution in [0.3, 0.4) is 0 Å². The fourth-order valence-electron chi connectivity index (χ4n) is 2.64. The van der Waals surface area contributed by atoms with Crippen LogP contribution in [0, 0.1) is 0 Å². The number of hydrogen-bond donors (Lipinski definition) is 0. The van der Waals surface area contributed by atoms with E-state index in [4.69, 9.17) is 0 Å². The van der Waals surface area contributed by atoms with E-state index in [1.807, 2.05) is 24.3 Å². The van der Waals surface area contributed by atoms with Crippen molar-refractivity contribution in [2.75, 3.05) is 0 Å². The van der Waals surface area contributed by atoms with Gasteiger partial charge in [0.2, 0.25) is 0 Å². The lowest BCUT2D eigenvalue weighted by Crippen LogP contribution is -2.16. The lowest BCUT2D eigenvalue weighted by atomic mass is 10.2. The van der Waals surface area contributed by atoms with Crippen LogP contribution in [0.25, 0.3) is 22.4 Å². The van der Waals surface area contributed by atoms with Crippen molar-refractivity contribution >= 4 is 11.0 Å². The van der Waals surface area contributed by atoms with E-state index in [-0.39, 0.29) is 5.75 Å². The zero-order chi connectivity index (χ0) is 17.2. The van der Waals surface area contributed by atoms with Crippen molar-refractivity contribution in [1.82, 2.24) is 9.55 Å². The summed E-state index contributed by atoms with van der Waals surface area (Å²) in [4.78, 5) is 4.64. The smallest absolute Gasteiger partial charge is 0.406 e. The van der Waals surface area contributed by atoms with Gasteiger partial charge in [0.1, 0.15) is 11.6 Å². The summed E-state index contributed by atoms with van der Waals surface area (Å²) in [5, 5.41) is 0. The average Bonchev–Trinajstić information content (AvgIpc) is 2.91. The fourth-order valence-corrected chi connectivity index (χ4v) is 2.64. The molecule has 1 aromatic heterocycles. The molecule has 24 heavy (non-hydrogen) atoms. The van der Waals surface area contributed by atoms with E-state index in [0.717, 1.165) is 41.8 Å². The van der Waals surface area contributed by atoms with E-state index >= 15 is 0 Å². The van der Waals surface area contributed by atoms with Gasteiger partial charge in [0, 0.05) is 12.1 Å². The number of alkyl halides is 3. The Morgan fingerprint density at radius 1 is 1.04 bits per heavy atom. The van der Waals surface area contributed by atoms with E-state index in [9.17, 15) is 13.2 Å². The van der Waals surface area contributed by atoms with Crippen molar-refractivity contribution in [3.8, 4) is 17.1 Å². The summed E-state index contributed by atoms with van der Waals surface area (Å²) in [5.74, 6) is 0.519. The lowest BCUT2D eigenvalue weighted by molar-refractivity contribution is -0.274. The van der Waals surface area contributed by atoms with Gasteiger partial charge in [-0.3, -0.25) is 0 Å². The van der Waals surface area contributed by atoms with Gasteiger partial charge >= 0.3 is 6.36 Å². The van der Waals surface area contributed by atoms with Crippen LogP contribution >= 0.6 is 0 Å². The van der Waals surface area contributed by atoms with Crippen molar-refractivity contribution in [2.24, 2.45) is 0 Å². The number of unbranched alkanes of at least 4 members (excludes halogenated alkanes) is 1. The van der Waals surface area contributed by atoms with Crippen LogP contribution in [0.15, 0.2) is 48.5 Å². The normalized spacial score (nSPS) is 11.8. The van der Waals surface area contributed by atoms with E-state index in [2.05, 4.69) is 21.2 Å². The number of aryl methyl sites for hydroxylation is 1. The Kier molecular flexibility index (Phi) is 4.46. The molecular formula is C18H17F3N2O. The number of ether oxygens (including phenoxy) is 1. The van der Waals surface area contributed by atoms with Gasteiger partial charge < -0.3 is 9.30 Å². The molecule has 0 amide bonds. The van der Waals surface area contributed by atoms with E-state index < -0.39 is 6.36 Å². The molecule has 0 atom stereocenters. The molecule has 3 rings (SSSR count). The van der Waals surface area contributed by atoms with Gasteiger partial charge in [-0.1, -0.05) is 25.5 Å². The second-order valence-corrected chi connectivity index (χ2v) is 5.50. The molecule has 2 aromatic carbocycles. The first-order chi connectivity index (χ1) is 11.5. The van der Waals surface area contributed by atoms with Crippen LogP contribution in [0.4, 0.5) is 13.2 Å². The van der Waals surface area contributed by atoms with E-state index in [0.29, 0.717) is 0 Å². The fraction of sp³-hybridized carbons (Fsp3) is 0.278. The summed E-state index contributed by atoms with van der Waals surface area (Å²) in [6.45, 7) is 2.93. The zero-order valence-corrected chi connectivity index (χ0v) is 13.2. The molecule has 0 saturated heterocycles. The third-order valence-corrected chi connectivity index (χ3v) is 3.74. The average molecular weight is 334 g/mol. The van der Waals surface area contributed by atoms with Crippen molar-refractivity contribution < 1.29 is 17.9 Å². The molecule has 6 heteroatoms. The number of rotatable bonds is 5. The molecule has 0 aliphatic carbocycles. The van der Waals surface area contributed by atoms with Gasteiger partial charge in [0.25, 0.3) is 0 Å². The molecule has 0 bridgehead atoms. The molecular weight excluding hydrogens is 317 g/mol. The Labute approximate surface area is 137 Å². The quantitative estimate of drug-likeness (QED) is 0.624. The highest BCUT2D eigenvalue weighted by molar-refractivity contribution is 5.80. The predicted octanol–water partition coefficient (Wildman–Crippen LogP) is 5.40. The lowest BCUT2D eigenvalue weighted by Gasteiger charge is -2.11. The van der Waals surface area contributed by atoms with Crippen LogP contribution in [0.2, 0.25) is 0 Å². The largest absolute Gasteiger partial charge is 0.573 e. The zero-order valence-electron chi connectivity index (χ0n) is 13.2. The highest BCUT2D eigenvalue weighted by Crippen LogP contribution is 2.28. The van der Waals surface area contributed by atoms with Gasteiger partial charge in [-0.25, -0.2) is 4.98 Å². The summed E-state index contributed by atoms with van der Waals surface area (Å²) < 4.78 is 42.8. The molecule has 0 radical (unpaired) electrons. The number of para-hydroxylation sites is 2. The Hall–Kier alpha value is -2.50. The number of imidazole rings is 1. The van der Waals surface area contributed by atoms with Crippen molar-refractivity contribution in [2.45, 2.75) is 32.7 Å². The molecule has 3 nitrogen and oxygen atoms in total. The predicted molar refractivity (Wildman–Crippen MR) is 86.8 cm³/mol.